The van der Waals surface area contributed by atoms with Crippen LogP contribution in [0.25, 0.3) is 5.78 Å². The number of thiophene rings is 1. The number of aromatic nitrogens is 4. The Hall–Kier alpha value is -2.20. The Morgan fingerprint density at radius 3 is 2.88 bits per heavy atom. The van der Waals surface area contributed by atoms with Crippen LogP contribution in [0.3, 0.4) is 0 Å². The zero-order valence-corrected chi connectivity index (χ0v) is 14.0. The van der Waals surface area contributed by atoms with Gasteiger partial charge in [-0.1, -0.05) is 0 Å². The second-order valence-electron chi connectivity index (χ2n) is 5.87. The lowest BCUT2D eigenvalue weighted by atomic mass is 10.1. The zero-order chi connectivity index (χ0) is 17.6. The lowest BCUT2D eigenvalue weighted by Crippen LogP contribution is -2.43. The van der Waals surface area contributed by atoms with Crippen molar-refractivity contribution < 1.29 is 17.9 Å². The van der Waals surface area contributed by atoms with Gasteiger partial charge in [-0.2, -0.15) is 39.1 Å². The van der Waals surface area contributed by atoms with Gasteiger partial charge in [-0.05, 0) is 29.3 Å². The highest BCUT2D eigenvalue weighted by atomic mass is 32.1. The maximum absolute atomic E-state index is 13.2. The van der Waals surface area contributed by atoms with E-state index in [9.17, 15) is 13.2 Å². The van der Waals surface area contributed by atoms with E-state index in [2.05, 4.69) is 15.1 Å². The maximum Gasteiger partial charge on any atom is 0.433 e. The van der Waals surface area contributed by atoms with Crippen molar-refractivity contribution in [2.24, 2.45) is 0 Å². The molecule has 0 spiro atoms. The summed E-state index contributed by atoms with van der Waals surface area (Å²) in [5.74, 6) is 0.237. The predicted octanol–water partition coefficient (Wildman–Crippen LogP) is 3.17. The van der Waals surface area contributed by atoms with Crippen molar-refractivity contribution in [1.82, 2.24) is 19.6 Å². The molecule has 0 N–H and O–H groups in total. The number of nitrogens with zero attached hydrogens (tertiary/aromatic N) is 5. The summed E-state index contributed by atoms with van der Waals surface area (Å²) in [4.78, 5) is 9.22. The Morgan fingerprint density at radius 1 is 1.32 bits per heavy atom. The normalized spacial score (nSPS) is 21.8. The van der Waals surface area contributed by atoms with Gasteiger partial charge < -0.3 is 9.64 Å². The summed E-state index contributed by atoms with van der Waals surface area (Å²) in [7, 11) is 0. The number of hydrogen-bond donors (Lipinski definition) is 0. The van der Waals surface area contributed by atoms with Crippen LogP contribution in [0, 0.1) is 0 Å². The monoisotopic (exact) mass is 369 g/mol. The first kappa shape index (κ1) is 16.3. The third-order valence-corrected chi connectivity index (χ3v) is 4.72. The molecule has 0 radical (unpaired) electrons. The molecule has 25 heavy (non-hydrogen) atoms. The van der Waals surface area contributed by atoms with Crippen molar-refractivity contribution in [2.45, 2.75) is 25.3 Å². The van der Waals surface area contributed by atoms with E-state index in [1.54, 1.807) is 11.3 Å². The van der Waals surface area contributed by atoms with E-state index in [4.69, 9.17) is 4.74 Å². The summed E-state index contributed by atoms with van der Waals surface area (Å²) in [5, 5.41) is 7.96. The van der Waals surface area contributed by atoms with Gasteiger partial charge in [-0.3, -0.25) is 0 Å². The fourth-order valence-corrected chi connectivity index (χ4v) is 3.65. The Balaban J connectivity index is 1.76. The molecule has 0 aliphatic carbocycles. The third-order valence-electron chi connectivity index (χ3n) is 4.02. The Bertz CT molecular complexity index is 879. The fraction of sp³-hybridized carbons (Fsp3) is 0.400. The topological polar surface area (TPSA) is 55.6 Å². The molecule has 3 aromatic rings. The van der Waals surface area contributed by atoms with Gasteiger partial charge in [0.2, 0.25) is 0 Å². The molecule has 4 heterocycles. The van der Waals surface area contributed by atoms with Crippen LogP contribution in [0.4, 0.5) is 19.0 Å². The van der Waals surface area contributed by atoms with Crippen molar-refractivity contribution in [2.75, 3.05) is 18.0 Å². The fourth-order valence-electron chi connectivity index (χ4n) is 2.95. The molecule has 6 nitrogen and oxygen atoms in total. The van der Waals surface area contributed by atoms with Crippen LogP contribution in [-0.2, 0) is 10.9 Å². The van der Waals surface area contributed by atoms with Gasteiger partial charge >= 0.3 is 6.18 Å². The minimum atomic E-state index is -4.55. The summed E-state index contributed by atoms with van der Waals surface area (Å²) in [5.41, 5.74) is 0.0377. The van der Waals surface area contributed by atoms with Crippen LogP contribution in [0.1, 0.15) is 24.3 Å². The molecule has 10 heteroatoms. The Labute approximate surface area is 144 Å². The van der Waals surface area contributed by atoms with Gasteiger partial charge in [0, 0.05) is 19.2 Å². The highest BCUT2D eigenvalue weighted by molar-refractivity contribution is 7.07. The molecule has 2 atom stereocenters. The van der Waals surface area contributed by atoms with Gasteiger partial charge in [0.25, 0.3) is 5.78 Å². The number of halogens is 3. The van der Waals surface area contributed by atoms with E-state index >= 15 is 0 Å². The molecule has 3 aromatic heterocycles. The van der Waals surface area contributed by atoms with Gasteiger partial charge in [0.05, 0.1) is 6.10 Å². The number of rotatable bonds is 2. The van der Waals surface area contributed by atoms with E-state index in [0.29, 0.717) is 18.9 Å². The van der Waals surface area contributed by atoms with Gasteiger partial charge in [-0.25, -0.2) is 4.98 Å². The molecular formula is C15H14F3N5OS. The highest BCUT2D eigenvalue weighted by Crippen LogP contribution is 2.33. The second kappa shape index (κ2) is 5.95. The lowest BCUT2D eigenvalue weighted by molar-refractivity contribution is -0.141. The minimum Gasteiger partial charge on any atom is -0.367 e. The molecule has 1 aliphatic heterocycles. The largest absolute Gasteiger partial charge is 0.433 e. The first-order valence-electron chi connectivity index (χ1n) is 7.62. The average Bonchev–Trinajstić information content (AvgIpc) is 3.23. The minimum absolute atomic E-state index is 0.0731. The van der Waals surface area contributed by atoms with Crippen LogP contribution in [0.2, 0.25) is 0 Å². The summed E-state index contributed by atoms with van der Waals surface area (Å²) in [6.45, 7) is 2.78. The quantitative estimate of drug-likeness (QED) is 0.695. The van der Waals surface area contributed by atoms with E-state index in [1.165, 1.54) is 10.8 Å². The Kier molecular flexibility index (Phi) is 3.88. The lowest BCUT2D eigenvalue weighted by Gasteiger charge is -2.38. The first-order chi connectivity index (χ1) is 11.9. The van der Waals surface area contributed by atoms with E-state index in [1.807, 2.05) is 28.7 Å². The maximum atomic E-state index is 13.2. The van der Waals surface area contributed by atoms with Gasteiger partial charge in [0.15, 0.2) is 5.69 Å². The molecule has 1 aliphatic rings. The molecular weight excluding hydrogens is 355 g/mol. The van der Waals surface area contributed by atoms with E-state index in [0.717, 1.165) is 11.6 Å². The molecule has 0 amide bonds. The van der Waals surface area contributed by atoms with Crippen LogP contribution >= 0.6 is 11.3 Å². The number of anilines is 1. The summed E-state index contributed by atoms with van der Waals surface area (Å²) in [6.07, 6.45) is -3.70. The van der Waals surface area contributed by atoms with Crippen LogP contribution in [-0.4, -0.2) is 38.8 Å². The number of morpholine rings is 1. The zero-order valence-electron chi connectivity index (χ0n) is 13.1. The summed E-state index contributed by atoms with van der Waals surface area (Å²) in [6, 6.07) is 2.98. The van der Waals surface area contributed by atoms with Crippen LogP contribution in [0.15, 0.2) is 29.2 Å². The molecule has 4 rings (SSSR count). The van der Waals surface area contributed by atoms with Crippen molar-refractivity contribution in [3.63, 3.8) is 0 Å². The number of hydrogen-bond acceptors (Lipinski definition) is 6. The SMILES string of the molecule is CC1CN(c2cc(C(F)(F)F)nc3ncnn23)CC(c2ccsc2)O1. The van der Waals surface area contributed by atoms with E-state index < -0.39 is 11.9 Å². The van der Waals surface area contributed by atoms with Gasteiger partial charge in [-0.15, -0.1) is 0 Å². The molecule has 2 unspecified atom stereocenters. The molecule has 0 saturated carbocycles. The predicted molar refractivity (Wildman–Crippen MR) is 85.6 cm³/mol. The van der Waals surface area contributed by atoms with Crippen molar-refractivity contribution in [3.05, 3.63) is 40.5 Å². The summed E-state index contributed by atoms with van der Waals surface area (Å²) >= 11 is 1.56. The van der Waals surface area contributed by atoms with Crippen molar-refractivity contribution in [1.29, 1.82) is 0 Å². The Morgan fingerprint density at radius 2 is 2.16 bits per heavy atom. The molecule has 132 valence electrons. The number of alkyl halides is 3. The van der Waals surface area contributed by atoms with Crippen LogP contribution in [0.5, 0.6) is 0 Å². The number of ether oxygens (including phenoxy) is 1. The van der Waals surface area contributed by atoms with Crippen molar-refractivity contribution in [3.8, 4) is 0 Å². The van der Waals surface area contributed by atoms with Crippen molar-refractivity contribution >= 4 is 22.9 Å². The average molecular weight is 369 g/mol. The second-order valence-corrected chi connectivity index (χ2v) is 6.65. The van der Waals surface area contributed by atoms with Crippen LogP contribution < -0.4 is 4.90 Å². The molecule has 0 aromatic carbocycles. The molecule has 0 bridgehead atoms. The third kappa shape index (κ3) is 3.07. The highest BCUT2D eigenvalue weighted by Gasteiger charge is 2.36. The van der Waals surface area contributed by atoms with E-state index in [-0.39, 0.29) is 18.0 Å². The summed E-state index contributed by atoms with van der Waals surface area (Å²) < 4.78 is 46.8. The standard InChI is InChI=1S/C15H14F3N5OS/c1-9-5-22(6-11(24-9)10-2-3-25-7-10)13-4-12(15(16,17)18)21-14-19-8-20-23(13)14/h2-4,7-9,11H,5-6H2,1H3. The first-order valence-corrected chi connectivity index (χ1v) is 8.56. The number of fused-ring (bicyclic) bond motifs is 1. The molecule has 1 fully saturated rings. The van der Waals surface area contributed by atoms with Gasteiger partial charge in [0.1, 0.15) is 18.2 Å². The smallest absolute Gasteiger partial charge is 0.367 e. The molecule has 1 saturated heterocycles.